The summed E-state index contributed by atoms with van der Waals surface area (Å²) in [4.78, 5) is 0. The molecule has 1 atom stereocenters. The Labute approximate surface area is 107 Å². The minimum Gasteiger partial charge on any atom is -0.494 e. The molecule has 0 aliphatic rings. The largest absolute Gasteiger partial charge is 0.494 e. The van der Waals surface area contributed by atoms with Crippen molar-refractivity contribution < 1.29 is 18.6 Å². The van der Waals surface area contributed by atoms with E-state index in [0.717, 1.165) is 0 Å². The summed E-state index contributed by atoms with van der Waals surface area (Å²) in [6, 6.07) is 4.78. The van der Waals surface area contributed by atoms with Crippen LogP contribution in [0, 0.1) is 5.82 Å². The van der Waals surface area contributed by atoms with E-state index in [0.29, 0.717) is 31.8 Å². The van der Waals surface area contributed by atoms with E-state index in [4.69, 9.17) is 19.9 Å². The lowest BCUT2D eigenvalue weighted by molar-refractivity contribution is 0.0636. The third kappa shape index (κ3) is 4.60. The second-order valence-corrected chi connectivity index (χ2v) is 3.97. The molecule has 102 valence electrons. The molecule has 5 heteroatoms. The highest BCUT2D eigenvalue weighted by molar-refractivity contribution is 5.31. The Hall–Kier alpha value is -1.17. The standard InChI is InChI=1S/C13H20FNO3/c1-16-6-7-18-9-11(15)8-10-4-3-5-12(17-2)13(10)14/h3-5,11H,6-9,15H2,1-2H3. The number of ether oxygens (including phenoxy) is 3. The molecule has 0 saturated carbocycles. The molecule has 0 radical (unpaired) electrons. The monoisotopic (exact) mass is 257 g/mol. The fourth-order valence-corrected chi connectivity index (χ4v) is 1.59. The van der Waals surface area contributed by atoms with Crippen molar-refractivity contribution in [1.29, 1.82) is 0 Å². The summed E-state index contributed by atoms with van der Waals surface area (Å²) in [7, 11) is 3.05. The van der Waals surface area contributed by atoms with Crippen molar-refractivity contribution in [3.8, 4) is 5.75 Å². The van der Waals surface area contributed by atoms with E-state index < -0.39 is 0 Å². The molecular formula is C13H20FNO3. The Bertz CT molecular complexity index is 360. The maximum atomic E-state index is 13.8. The van der Waals surface area contributed by atoms with Gasteiger partial charge in [0.25, 0.3) is 0 Å². The summed E-state index contributed by atoms with van der Waals surface area (Å²) in [6.45, 7) is 1.39. The van der Waals surface area contributed by atoms with Gasteiger partial charge in [-0.1, -0.05) is 12.1 Å². The number of halogens is 1. The average Bonchev–Trinajstić information content (AvgIpc) is 2.37. The SMILES string of the molecule is COCCOCC(N)Cc1cccc(OC)c1F. The number of hydrogen-bond donors (Lipinski definition) is 1. The lowest BCUT2D eigenvalue weighted by Crippen LogP contribution is -2.29. The number of nitrogens with two attached hydrogens (primary N) is 1. The Balaban J connectivity index is 2.46. The van der Waals surface area contributed by atoms with Gasteiger partial charge in [-0.15, -0.1) is 0 Å². The van der Waals surface area contributed by atoms with Gasteiger partial charge in [0.15, 0.2) is 11.6 Å². The van der Waals surface area contributed by atoms with Gasteiger partial charge in [0.2, 0.25) is 0 Å². The van der Waals surface area contributed by atoms with E-state index >= 15 is 0 Å². The van der Waals surface area contributed by atoms with Crippen molar-refractivity contribution >= 4 is 0 Å². The number of methoxy groups -OCH3 is 2. The predicted octanol–water partition coefficient (Wildman–Crippen LogP) is 1.37. The van der Waals surface area contributed by atoms with Gasteiger partial charge in [-0.25, -0.2) is 4.39 Å². The summed E-state index contributed by atoms with van der Waals surface area (Å²) < 4.78 is 28.9. The molecule has 1 aromatic carbocycles. The molecule has 1 unspecified atom stereocenters. The Morgan fingerprint density at radius 3 is 2.72 bits per heavy atom. The molecule has 0 amide bonds. The molecular weight excluding hydrogens is 237 g/mol. The average molecular weight is 257 g/mol. The summed E-state index contributed by atoms with van der Waals surface area (Å²) in [5.74, 6) is -0.118. The van der Waals surface area contributed by atoms with E-state index in [-0.39, 0.29) is 17.6 Å². The normalized spacial score (nSPS) is 12.4. The minimum absolute atomic E-state index is 0.236. The van der Waals surface area contributed by atoms with Crippen LogP contribution >= 0.6 is 0 Å². The predicted molar refractivity (Wildman–Crippen MR) is 67.3 cm³/mol. The number of hydrogen-bond acceptors (Lipinski definition) is 4. The van der Waals surface area contributed by atoms with Crippen molar-refractivity contribution in [2.45, 2.75) is 12.5 Å². The zero-order valence-electron chi connectivity index (χ0n) is 10.8. The van der Waals surface area contributed by atoms with Crippen molar-refractivity contribution in [2.24, 2.45) is 5.73 Å². The van der Waals surface area contributed by atoms with Gasteiger partial charge in [-0.2, -0.15) is 0 Å². The maximum Gasteiger partial charge on any atom is 0.168 e. The van der Waals surface area contributed by atoms with E-state index in [1.807, 2.05) is 0 Å². The fourth-order valence-electron chi connectivity index (χ4n) is 1.59. The van der Waals surface area contributed by atoms with Gasteiger partial charge in [0.05, 0.1) is 26.9 Å². The molecule has 0 saturated heterocycles. The summed E-state index contributed by atoms with van der Waals surface area (Å²) in [5.41, 5.74) is 6.41. The minimum atomic E-state index is -0.354. The molecule has 0 spiro atoms. The first-order chi connectivity index (χ1) is 8.69. The first kappa shape index (κ1) is 14.9. The first-order valence-corrected chi connectivity index (χ1v) is 5.82. The second-order valence-electron chi connectivity index (χ2n) is 3.97. The van der Waals surface area contributed by atoms with Crippen LogP contribution in [0.1, 0.15) is 5.56 Å². The molecule has 2 N–H and O–H groups in total. The molecule has 0 bridgehead atoms. The van der Waals surface area contributed by atoms with Crippen LogP contribution in [0.4, 0.5) is 4.39 Å². The smallest absolute Gasteiger partial charge is 0.168 e. The van der Waals surface area contributed by atoms with E-state index in [1.165, 1.54) is 7.11 Å². The van der Waals surface area contributed by atoms with Crippen molar-refractivity contribution in [2.75, 3.05) is 34.0 Å². The first-order valence-electron chi connectivity index (χ1n) is 5.82. The summed E-state index contributed by atoms with van der Waals surface area (Å²) >= 11 is 0. The fraction of sp³-hybridized carbons (Fsp3) is 0.538. The van der Waals surface area contributed by atoms with Crippen LogP contribution in [0.3, 0.4) is 0 Å². The highest BCUT2D eigenvalue weighted by atomic mass is 19.1. The molecule has 0 fully saturated rings. The zero-order chi connectivity index (χ0) is 13.4. The zero-order valence-corrected chi connectivity index (χ0v) is 10.8. The quantitative estimate of drug-likeness (QED) is 0.715. The van der Waals surface area contributed by atoms with Crippen LogP contribution in [-0.4, -0.2) is 40.1 Å². The van der Waals surface area contributed by atoms with Gasteiger partial charge < -0.3 is 19.9 Å². The van der Waals surface area contributed by atoms with Crippen molar-refractivity contribution in [3.05, 3.63) is 29.6 Å². The van der Waals surface area contributed by atoms with Crippen LogP contribution in [0.25, 0.3) is 0 Å². The van der Waals surface area contributed by atoms with E-state index in [9.17, 15) is 4.39 Å². The van der Waals surface area contributed by atoms with Gasteiger partial charge in [-0.05, 0) is 18.1 Å². The molecule has 0 aliphatic carbocycles. The van der Waals surface area contributed by atoms with Crippen LogP contribution in [-0.2, 0) is 15.9 Å². The molecule has 1 rings (SSSR count). The maximum absolute atomic E-state index is 13.8. The highest BCUT2D eigenvalue weighted by Gasteiger charge is 2.12. The van der Waals surface area contributed by atoms with Gasteiger partial charge in [0.1, 0.15) is 0 Å². The summed E-state index contributed by atoms with van der Waals surface area (Å²) in [5, 5.41) is 0. The number of rotatable bonds is 8. The van der Waals surface area contributed by atoms with Crippen LogP contribution in [0.5, 0.6) is 5.75 Å². The molecule has 1 aromatic rings. The van der Waals surface area contributed by atoms with Crippen LogP contribution < -0.4 is 10.5 Å². The van der Waals surface area contributed by atoms with E-state index in [1.54, 1.807) is 25.3 Å². The third-order valence-corrected chi connectivity index (χ3v) is 2.51. The summed E-state index contributed by atoms with van der Waals surface area (Å²) in [6.07, 6.45) is 0.413. The third-order valence-electron chi connectivity index (χ3n) is 2.51. The Kier molecular flexibility index (Phi) is 6.64. The molecule has 0 aliphatic heterocycles. The second kappa shape index (κ2) is 8.02. The van der Waals surface area contributed by atoms with Crippen LogP contribution in [0.15, 0.2) is 18.2 Å². The van der Waals surface area contributed by atoms with Crippen molar-refractivity contribution in [3.63, 3.8) is 0 Å². The Morgan fingerprint density at radius 1 is 1.28 bits per heavy atom. The van der Waals surface area contributed by atoms with Crippen LogP contribution in [0.2, 0.25) is 0 Å². The lowest BCUT2D eigenvalue weighted by atomic mass is 10.1. The molecule has 0 heterocycles. The van der Waals surface area contributed by atoms with E-state index in [2.05, 4.69) is 0 Å². The lowest BCUT2D eigenvalue weighted by Gasteiger charge is -2.13. The highest BCUT2D eigenvalue weighted by Crippen LogP contribution is 2.20. The Morgan fingerprint density at radius 2 is 2.06 bits per heavy atom. The topological polar surface area (TPSA) is 53.7 Å². The van der Waals surface area contributed by atoms with Gasteiger partial charge in [0, 0.05) is 13.2 Å². The van der Waals surface area contributed by atoms with Crippen molar-refractivity contribution in [1.82, 2.24) is 0 Å². The van der Waals surface area contributed by atoms with Gasteiger partial charge >= 0.3 is 0 Å². The van der Waals surface area contributed by atoms with Gasteiger partial charge in [-0.3, -0.25) is 0 Å². The molecule has 0 aromatic heterocycles. The number of benzene rings is 1. The molecule has 18 heavy (non-hydrogen) atoms. The molecule has 4 nitrogen and oxygen atoms in total.